The zero-order chi connectivity index (χ0) is 15.3. The first-order chi connectivity index (χ1) is 10.8. The van der Waals surface area contributed by atoms with Crippen molar-refractivity contribution in [2.75, 3.05) is 25.6 Å². The molecule has 0 aliphatic carbocycles. The van der Waals surface area contributed by atoms with E-state index in [1.54, 1.807) is 11.3 Å². The third-order valence-corrected chi connectivity index (χ3v) is 6.15. The summed E-state index contributed by atoms with van der Waals surface area (Å²) in [7, 11) is 0. The molecule has 1 aliphatic rings. The van der Waals surface area contributed by atoms with E-state index in [2.05, 4.69) is 35.7 Å². The van der Waals surface area contributed by atoms with Crippen molar-refractivity contribution in [3.63, 3.8) is 0 Å². The summed E-state index contributed by atoms with van der Waals surface area (Å²) < 4.78 is 5.22. The number of ether oxygens (including phenoxy) is 1. The molecule has 3 nitrogen and oxygen atoms in total. The standard InChI is InChI=1S/C17H21NO2S2/c19-10-17(11-20-12-17)13-21-8-15-9-22-16(18-15)7-6-14-4-2-1-3-5-14/h1-5,9,19H,6-8,10-13H2. The van der Waals surface area contributed by atoms with Gasteiger partial charge in [-0.15, -0.1) is 11.3 Å². The number of thioether (sulfide) groups is 1. The van der Waals surface area contributed by atoms with Crippen LogP contribution in [0.25, 0.3) is 0 Å². The number of aliphatic hydroxyl groups is 1. The highest BCUT2D eigenvalue weighted by molar-refractivity contribution is 7.98. The van der Waals surface area contributed by atoms with Gasteiger partial charge in [-0.2, -0.15) is 11.8 Å². The van der Waals surface area contributed by atoms with Crippen molar-refractivity contribution in [1.29, 1.82) is 0 Å². The van der Waals surface area contributed by atoms with Gasteiger partial charge in [0.05, 0.1) is 30.5 Å². The third-order valence-electron chi connectivity index (χ3n) is 3.88. The largest absolute Gasteiger partial charge is 0.396 e. The van der Waals surface area contributed by atoms with Gasteiger partial charge in [-0.25, -0.2) is 4.98 Å². The molecular formula is C17H21NO2S2. The van der Waals surface area contributed by atoms with E-state index >= 15 is 0 Å². The summed E-state index contributed by atoms with van der Waals surface area (Å²) in [5, 5.41) is 12.8. The van der Waals surface area contributed by atoms with Crippen molar-refractivity contribution in [2.45, 2.75) is 18.6 Å². The SMILES string of the molecule is OCC1(CSCc2csc(CCc3ccccc3)n2)COC1. The monoisotopic (exact) mass is 335 g/mol. The third kappa shape index (κ3) is 4.10. The molecule has 1 aromatic heterocycles. The van der Waals surface area contributed by atoms with Crippen molar-refractivity contribution in [3.05, 3.63) is 52.0 Å². The lowest BCUT2D eigenvalue weighted by Crippen LogP contribution is -2.47. The summed E-state index contributed by atoms with van der Waals surface area (Å²) in [6.07, 6.45) is 2.06. The van der Waals surface area contributed by atoms with Gasteiger partial charge >= 0.3 is 0 Å². The fraction of sp³-hybridized carbons (Fsp3) is 0.471. The van der Waals surface area contributed by atoms with Crippen molar-refractivity contribution in [1.82, 2.24) is 4.98 Å². The van der Waals surface area contributed by atoms with E-state index in [9.17, 15) is 5.11 Å². The second-order valence-electron chi connectivity index (χ2n) is 5.86. The molecule has 1 N–H and O–H groups in total. The Morgan fingerprint density at radius 3 is 2.73 bits per heavy atom. The topological polar surface area (TPSA) is 42.4 Å². The molecule has 2 aromatic rings. The van der Waals surface area contributed by atoms with Gasteiger partial charge in [0.2, 0.25) is 0 Å². The van der Waals surface area contributed by atoms with E-state index in [1.807, 2.05) is 11.8 Å². The maximum Gasteiger partial charge on any atom is 0.0931 e. The number of hydrogen-bond acceptors (Lipinski definition) is 5. The number of nitrogens with zero attached hydrogens (tertiary/aromatic N) is 1. The number of rotatable bonds is 8. The van der Waals surface area contributed by atoms with Gasteiger partial charge in [-0.05, 0) is 12.0 Å². The molecule has 22 heavy (non-hydrogen) atoms. The molecule has 0 spiro atoms. The second-order valence-corrected chi connectivity index (χ2v) is 7.79. The van der Waals surface area contributed by atoms with E-state index in [0.717, 1.165) is 30.0 Å². The minimum absolute atomic E-state index is 0.00315. The van der Waals surface area contributed by atoms with Gasteiger partial charge in [0, 0.05) is 28.7 Å². The molecular weight excluding hydrogens is 314 g/mol. The van der Waals surface area contributed by atoms with Crippen molar-refractivity contribution >= 4 is 23.1 Å². The predicted molar refractivity (Wildman–Crippen MR) is 92.5 cm³/mol. The van der Waals surface area contributed by atoms with Crippen LogP contribution < -0.4 is 0 Å². The van der Waals surface area contributed by atoms with Crippen LogP contribution in [0.2, 0.25) is 0 Å². The Morgan fingerprint density at radius 1 is 1.23 bits per heavy atom. The number of aryl methyl sites for hydroxylation is 2. The normalized spacial score (nSPS) is 16.4. The van der Waals surface area contributed by atoms with E-state index in [0.29, 0.717) is 13.2 Å². The first-order valence-electron chi connectivity index (χ1n) is 7.53. The molecule has 0 amide bonds. The van der Waals surface area contributed by atoms with Crippen LogP contribution in [-0.4, -0.2) is 35.7 Å². The summed E-state index contributed by atoms with van der Waals surface area (Å²) in [5.41, 5.74) is 2.52. The van der Waals surface area contributed by atoms with Gasteiger partial charge in [0.15, 0.2) is 0 Å². The van der Waals surface area contributed by atoms with E-state index in [-0.39, 0.29) is 12.0 Å². The molecule has 0 unspecified atom stereocenters. The fourth-order valence-corrected chi connectivity index (χ4v) is 4.46. The maximum atomic E-state index is 9.41. The summed E-state index contributed by atoms with van der Waals surface area (Å²) in [4.78, 5) is 4.72. The Labute approximate surface area is 139 Å². The Bertz CT molecular complexity index is 576. The number of aromatic nitrogens is 1. The Kier molecular flexibility index (Phi) is 5.52. The summed E-state index contributed by atoms with van der Waals surface area (Å²) >= 11 is 3.60. The molecule has 118 valence electrons. The van der Waals surface area contributed by atoms with Crippen LogP contribution in [0, 0.1) is 5.41 Å². The smallest absolute Gasteiger partial charge is 0.0931 e. The number of benzene rings is 1. The van der Waals surface area contributed by atoms with Gasteiger partial charge < -0.3 is 9.84 Å². The van der Waals surface area contributed by atoms with Crippen LogP contribution in [-0.2, 0) is 23.3 Å². The molecule has 1 aromatic carbocycles. The molecule has 1 aliphatic heterocycles. The zero-order valence-electron chi connectivity index (χ0n) is 12.5. The highest BCUT2D eigenvalue weighted by Gasteiger charge is 2.37. The number of thiazole rings is 1. The second kappa shape index (κ2) is 7.59. The van der Waals surface area contributed by atoms with E-state index in [4.69, 9.17) is 9.72 Å². The Hall–Kier alpha value is -0.880. The van der Waals surface area contributed by atoms with Crippen molar-refractivity contribution < 1.29 is 9.84 Å². The van der Waals surface area contributed by atoms with Crippen LogP contribution in [0.5, 0.6) is 0 Å². The first-order valence-corrected chi connectivity index (χ1v) is 9.57. The van der Waals surface area contributed by atoms with Crippen molar-refractivity contribution in [3.8, 4) is 0 Å². The lowest BCUT2D eigenvalue weighted by Gasteiger charge is -2.39. The lowest BCUT2D eigenvalue weighted by molar-refractivity contribution is -0.121. The van der Waals surface area contributed by atoms with Gasteiger partial charge in [0.1, 0.15) is 0 Å². The quantitative estimate of drug-likeness (QED) is 0.805. The molecule has 2 heterocycles. The minimum Gasteiger partial charge on any atom is -0.396 e. The highest BCUT2D eigenvalue weighted by Crippen LogP contribution is 2.32. The van der Waals surface area contributed by atoms with Gasteiger partial charge in [-0.3, -0.25) is 0 Å². The van der Waals surface area contributed by atoms with Crippen LogP contribution >= 0.6 is 23.1 Å². The lowest BCUT2D eigenvalue weighted by atomic mass is 9.90. The van der Waals surface area contributed by atoms with E-state index in [1.165, 1.54) is 10.6 Å². The average molecular weight is 335 g/mol. The summed E-state index contributed by atoms with van der Waals surface area (Å²) in [6, 6.07) is 10.5. The molecule has 1 saturated heterocycles. The fourth-order valence-electron chi connectivity index (χ4n) is 2.41. The van der Waals surface area contributed by atoms with Crippen LogP contribution in [0.3, 0.4) is 0 Å². The van der Waals surface area contributed by atoms with Crippen LogP contribution in [0.1, 0.15) is 16.3 Å². The maximum absolute atomic E-state index is 9.41. The molecule has 0 atom stereocenters. The zero-order valence-corrected chi connectivity index (χ0v) is 14.2. The molecule has 0 saturated carbocycles. The molecule has 1 fully saturated rings. The van der Waals surface area contributed by atoms with Crippen LogP contribution in [0.4, 0.5) is 0 Å². The summed E-state index contributed by atoms with van der Waals surface area (Å²) in [5.74, 6) is 1.87. The van der Waals surface area contributed by atoms with Crippen LogP contribution in [0.15, 0.2) is 35.7 Å². The predicted octanol–water partition coefficient (Wildman–Crippen LogP) is 3.17. The Morgan fingerprint density at radius 2 is 2.05 bits per heavy atom. The Balaban J connectivity index is 1.43. The average Bonchev–Trinajstić information content (AvgIpc) is 2.97. The van der Waals surface area contributed by atoms with Gasteiger partial charge in [-0.1, -0.05) is 30.3 Å². The molecule has 0 bridgehead atoms. The molecule has 0 radical (unpaired) electrons. The summed E-state index contributed by atoms with van der Waals surface area (Å²) in [6.45, 7) is 1.60. The van der Waals surface area contributed by atoms with E-state index < -0.39 is 0 Å². The first kappa shape index (κ1) is 16.0. The number of aliphatic hydroxyl groups excluding tert-OH is 1. The van der Waals surface area contributed by atoms with Gasteiger partial charge in [0.25, 0.3) is 0 Å². The number of hydrogen-bond donors (Lipinski definition) is 1. The molecule has 3 rings (SSSR count). The minimum atomic E-state index is -0.00315. The highest BCUT2D eigenvalue weighted by atomic mass is 32.2. The van der Waals surface area contributed by atoms with Crippen molar-refractivity contribution in [2.24, 2.45) is 5.41 Å². The molecule has 5 heteroatoms.